The Kier molecular flexibility index (Phi) is 7.11. The third-order valence-electron chi connectivity index (χ3n) is 3.37. The maximum atomic E-state index is 12.8. The van der Waals surface area contributed by atoms with Crippen LogP contribution in [0.4, 0.5) is 5.69 Å². The third-order valence-corrected chi connectivity index (χ3v) is 4.04. The molecule has 1 aromatic carbocycles. The van der Waals surface area contributed by atoms with E-state index in [1.54, 1.807) is 4.90 Å². The van der Waals surface area contributed by atoms with E-state index in [1.165, 1.54) is 18.2 Å². The summed E-state index contributed by atoms with van der Waals surface area (Å²) in [5.74, 6) is -0.388. The topological polar surface area (TPSA) is 63.5 Å². The number of nitro groups is 1. The molecular formula is C14H18BrClN2O3. The standard InChI is InChI=1S/C14H18BrClN2O3/c1-3-10(4-2)17(9-8-15)14(19)13-11(16)6-5-7-12(13)18(20)21/h5-7,10H,3-4,8-9H2,1-2H3. The predicted molar refractivity (Wildman–Crippen MR) is 87.3 cm³/mol. The van der Waals surface area contributed by atoms with Crippen molar-refractivity contribution < 1.29 is 9.72 Å². The van der Waals surface area contributed by atoms with E-state index in [-0.39, 0.29) is 28.2 Å². The van der Waals surface area contributed by atoms with Crippen molar-refractivity contribution in [3.63, 3.8) is 0 Å². The van der Waals surface area contributed by atoms with Gasteiger partial charge in [0.25, 0.3) is 11.6 Å². The van der Waals surface area contributed by atoms with Gasteiger partial charge < -0.3 is 4.90 Å². The van der Waals surface area contributed by atoms with Crippen LogP contribution in [0, 0.1) is 10.1 Å². The molecule has 116 valence electrons. The summed E-state index contributed by atoms with van der Waals surface area (Å²) in [6, 6.07) is 4.31. The highest BCUT2D eigenvalue weighted by molar-refractivity contribution is 9.09. The number of nitrogens with zero attached hydrogens (tertiary/aromatic N) is 2. The first-order valence-electron chi connectivity index (χ1n) is 6.77. The van der Waals surface area contributed by atoms with E-state index in [0.717, 1.165) is 12.8 Å². The van der Waals surface area contributed by atoms with E-state index < -0.39 is 4.92 Å². The lowest BCUT2D eigenvalue weighted by Crippen LogP contribution is -2.41. The van der Waals surface area contributed by atoms with Crippen molar-refractivity contribution in [3.05, 3.63) is 38.9 Å². The highest BCUT2D eigenvalue weighted by Gasteiger charge is 2.29. The van der Waals surface area contributed by atoms with Crippen LogP contribution < -0.4 is 0 Å². The number of nitro benzene ring substituents is 1. The fourth-order valence-electron chi connectivity index (χ4n) is 2.29. The SMILES string of the molecule is CCC(CC)N(CCBr)C(=O)c1c(Cl)cccc1[N+](=O)[O-]. The summed E-state index contributed by atoms with van der Waals surface area (Å²) in [4.78, 5) is 25.0. The van der Waals surface area contributed by atoms with Crippen molar-refractivity contribution >= 4 is 39.1 Å². The van der Waals surface area contributed by atoms with Crippen molar-refractivity contribution in [1.82, 2.24) is 4.90 Å². The number of alkyl halides is 1. The van der Waals surface area contributed by atoms with Gasteiger partial charge in [0.2, 0.25) is 0 Å². The second kappa shape index (κ2) is 8.34. The molecule has 0 aliphatic rings. The van der Waals surface area contributed by atoms with Gasteiger partial charge in [-0.15, -0.1) is 0 Å². The van der Waals surface area contributed by atoms with Crippen LogP contribution in [0.5, 0.6) is 0 Å². The summed E-state index contributed by atoms with van der Waals surface area (Å²) in [7, 11) is 0. The van der Waals surface area contributed by atoms with E-state index >= 15 is 0 Å². The third kappa shape index (κ3) is 4.17. The summed E-state index contributed by atoms with van der Waals surface area (Å²) in [6.07, 6.45) is 1.57. The number of carbonyl (C=O) groups is 1. The van der Waals surface area contributed by atoms with Gasteiger partial charge in [0.1, 0.15) is 5.56 Å². The molecule has 21 heavy (non-hydrogen) atoms. The van der Waals surface area contributed by atoms with E-state index in [1.807, 2.05) is 13.8 Å². The second-order valence-corrected chi connectivity index (χ2v) is 5.75. The zero-order chi connectivity index (χ0) is 16.0. The van der Waals surface area contributed by atoms with E-state index in [4.69, 9.17) is 11.6 Å². The number of benzene rings is 1. The summed E-state index contributed by atoms with van der Waals surface area (Å²) >= 11 is 9.36. The highest BCUT2D eigenvalue weighted by atomic mass is 79.9. The Hall–Kier alpha value is -1.14. The molecule has 0 bridgehead atoms. The second-order valence-electron chi connectivity index (χ2n) is 4.55. The Morgan fingerprint density at radius 1 is 1.43 bits per heavy atom. The molecule has 0 unspecified atom stereocenters. The van der Waals surface area contributed by atoms with Crippen molar-refractivity contribution in [2.24, 2.45) is 0 Å². The van der Waals surface area contributed by atoms with E-state index in [2.05, 4.69) is 15.9 Å². The molecule has 0 spiro atoms. The van der Waals surface area contributed by atoms with Gasteiger partial charge in [-0.25, -0.2) is 0 Å². The van der Waals surface area contributed by atoms with Crippen molar-refractivity contribution in [2.75, 3.05) is 11.9 Å². The molecule has 0 aliphatic carbocycles. The average Bonchev–Trinajstić information content (AvgIpc) is 2.46. The number of hydrogen-bond donors (Lipinski definition) is 0. The molecule has 0 saturated heterocycles. The van der Waals surface area contributed by atoms with Crippen LogP contribution in [0.25, 0.3) is 0 Å². The first kappa shape index (κ1) is 17.9. The first-order valence-corrected chi connectivity index (χ1v) is 8.27. The molecule has 0 N–H and O–H groups in total. The van der Waals surface area contributed by atoms with Gasteiger partial charge in [0.05, 0.1) is 9.95 Å². The van der Waals surface area contributed by atoms with Crippen LogP contribution in [-0.4, -0.2) is 33.6 Å². The molecule has 0 atom stereocenters. The molecular weight excluding hydrogens is 360 g/mol. The van der Waals surface area contributed by atoms with Gasteiger partial charge >= 0.3 is 0 Å². The highest BCUT2D eigenvalue weighted by Crippen LogP contribution is 2.28. The Morgan fingerprint density at radius 2 is 2.05 bits per heavy atom. The van der Waals surface area contributed by atoms with Gasteiger partial charge in [-0.2, -0.15) is 0 Å². The lowest BCUT2D eigenvalue weighted by Gasteiger charge is -2.30. The normalized spacial score (nSPS) is 10.7. The molecule has 0 fully saturated rings. The van der Waals surface area contributed by atoms with E-state index in [0.29, 0.717) is 11.9 Å². The lowest BCUT2D eigenvalue weighted by molar-refractivity contribution is -0.385. The lowest BCUT2D eigenvalue weighted by atomic mass is 10.1. The zero-order valence-corrected chi connectivity index (χ0v) is 14.4. The van der Waals surface area contributed by atoms with Crippen LogP contribution in [0.2, 0.25) is 5.02 Å². The van der Waals surface area contributed by atoms with Crippen LogP contribution in [0.1, 0.15) is 37.0 Å². The van der Waals surface area contributed by atoms with Crippen molar-refractivity contribution in [2.45, 2.75) is 32.7 Å². The van der Waals surface area contributed by atoms with Crippen LogP contribution in [0.3, 0.4) is 0 Å². The molecule has 7 heteroatoms. The van der Waals surface area contributed by atoms with Crippen LogP contribution in [-0.2, 0) is 0 Å². The summed E-state index contributed by atoms with van der Waals surface area (Å²) in [6.45, 7) is 4.46. The smallest absolute Gasteiger partial charge is 0.283 e. The van der Waals surface area contributed by atoms with Crippen molar-refractivity contribution in [3.8, 4) is 0 Å². The van der Waals surface area contributed by atoms with Gasteiger partial charge in [-0.3, -0.25) is 14.9 Å². The number of hydrogen-bond acceptors (Lipinski definition) is 3. The molecule has 0 radical (unpaired) electrons. The zero-order valence-electron chi connectivity index (χ0n) is 12.0. The largest absolute Gasteiger partial charge is 0.335 e. The Bertz CT molecular complexity index is 521. The molecule has 1 amide bonds. The van der Waals surface area contributed by atoms with E-state index in [9.17, 15) is 14.9 Å². The van der Waals surface area contributed by atoms with Gasteiger partial charge in [0, 0.05) is 24.0 Å². The quantitative estimate of drug-likeness (QED) is 0.405. The predicted octanol–water partition coefficient (Wildman–Crippen LogP) is 4.27. The number of rotatable bonds is 7. The molecule has 1 rings (SSSR count). The minimum Gasteiger partial charge on any atom is -0.335 e. The molecule has 0 aliphatic heterocycles. The number of carbonyl (C=O) groups excluding carboxylic acids is 1. The van der Waals surface area contributed by atoms with Gasteiger partial charge in [-0.1, -0.05) is 47.4 Å². The van der Waals surface area contributed by atoms with Gasteiger partial charge in [0.15, 0.2) is 0 Å². The Balaban J connectivity index is 3.29. The monoisotopic (exact) mass is 376 g/mol. The fraction of sp³-hybridized carbons (Fsp3) is 0.500. The maximum Gasteiger partial charge on any atom is 0.283 e. The minimum absolute atomic E-state index is 0.0305. The number of amides is 1. The molecule has 0 saturated carbocycles. The van der Waals surface area contributed by atoms with Crippen LogP contribution in [0.15, 0.2) is 18.2 Å². The first-order chi connectivity index (χ1) is 9.97. The molecule has 1 aromatic rings. The van der Waals surface area contributed by atoms with Crippen LogP contribution >= 0.6 is 27.5 Å². The Labute approximate surface area is 137 Å². The van der Waals surface area contributed by atoms with Gasteiger partial charge in [-0.05, 0) is 18.9 Å². The molecule has 5 nitrogen and oxygen atoms in total. The number of halogens is 2. The molecule has 0 heterocycles. The summed E-state index contributed by atoms with van der Waals surface area (Å²) in [5.41, 5.74) is -0.282. The maximum absolute atomic E-state index is 12.8. The molecule has 0 aromatic heterocycles. The average molecular weight is 378 g/mol. The minimum atomic E-state index is -0.571. The Morgan fingerprint density at radius 3 is 2.52 bits per heavy atom. The fourth-order valence-corrected chi connectivity index (χ4v) is 2.92. The summed E-state index contributed by atoms with van der Waals surface area (Å²) < 4.78 is 0. The summed E-state index contributed by atoms with van der Waals surface area (Å²) in [5, 5.41) is 11.9. The van der Waals surface area contributed by atoms with Crippen molar-refractivity contribution in [1.29, 1.82) is 0 Å².